The van der Waals surface area contributed by atoms with Gasteiger partial charge in [0, 0.05) is 18.2 Å². The van der Waals surface area contributed by atoms with Gasteiger partial charge in [-0.3, -0.25) is 0 Å². The van der Waals surface area contributed by atoms with E-state index in [1.807, 2.05) is 33.0 Å². The average molecular weight is 282 g/mol. The van der Waals surface area contributed by atoms with E-state index in [0.29, 0.717) is 15.9 Å². The van der Waals surface area contributed by atoms with Gasteiger partial charge in [0.25, 0.3) is 0 Å². The number of anilines is 1. The number of aryl methyl sites for hydroxylation is 1. The summed E-state index contributed by atoms with van der Waals surface area (Å²) in [6, 6.07) is 5.50. The molecule has 0 amide bonds. The molecule has 1 aromatic carbocycles. The van der Waals surface area contributed by atoms with Crippen molar-refractivity contribution in [2.24, 2.45) is 0 Å². The van der Waals surface area contributed by atoms with Crippen LogP contribution in [0.25, 0.3) is 11.3 Å². The smallest absolute Gasteiger partial charge is 0.132 e. The summed E-state index contributed by atoms with van der Waals surface area (Å²) in [7, 11) is 1.84. The molecule has 94 valence electrons. The zero-order valence-electron chi connectivity index (χ0n) is 10.4. The van der Waals surface area contributed by atoms with Crippen LogP contribution < -0.4 is 5.32 Å². The van der Waals surface area contributed by atoms with Crippen LogP contribution in [-0.2, 0) is 0 Å². The van der Waals surface area contributed by atoms with E-state index >= 15 is 0 Å². The van der Waals surface area contributed by atoms with Crippen LogP contribution in [0.5, 0.6) is 0 Å². The molecule has 1 N–H and O–H groups in total. The zero-order chi connectivity index (χ0) is 13.3. The van der Waals surface area contributed by atoms with E-state index in [9.17, 15) is 0 Å². The van der Waals surface area contributed by atoms with Gasteiger partial charge in [-0.05, 0) is 26.0 Å². The molecule has 3 nitrogen and oxygen atoms in total. The fourth-order valence-electron chi connectivity index (χ4n) is 1.80. The van der Waals surface area contributed by atoms with Gasteiger partial charge in [0.2, 0.25) is 0 Å². The number of nitrogens with zero attached hydrogens (tertiary/aromatic N) is 2. The van der Waals surface area contributed by atoms with Crippen molar-refractivity contribution < 1.29 is 0 Å². The Kier molecular flexibility index (Phi) is 3.73. The molecule has 0 spiro atoms. The average Bonchev–Trinajstić information content (AvgIpc) is 2.35. The summed E-state index contributed by atoms with van der Waals surface area (Å²) >= 11 is 12.0. The Labute approximate surface area is 116 Å². The summed E-state index contributed by atoms with van der Waals surface area (Å²) in [6.45, 7) is 3.84. The lowest BCUT2D eigenvalue weighted by Crippen LogP contribution is -2.02. The Balaban J connectivity index is 2.63. The Morgan fingerprint density at radius 1 is 1.06 bits per heavy atom. The van der Waals surface area contributed by atoms with Gasteiger partial charge in [-0.25, -0.2) is 9.97 Å². The minimum Gasteiger partial charge on any atom is -0.373 e. The summed E-state index contributed by atoms with van der Waals surface area (Å²) in [4.78, 5) is 8.81. The third-order valence-corrected chi connectivity index (χ3v) is 3.43. The summed E-state index contributed by atoms with van der Waals surface area (Å²) in [5.74, 6) is 1.54. The van der Waals surface area contributed by atoms with Gasteiger partial charge in [-0.15, -0.1) is 0 Å². The largest absolute Gasteiger partial charge is 0.373 e. The Bertz CT molecular complexity index is 597. The molecule has 2 aromatic rings. The zero-order valence-corrected chi connectivity index (χ0v) is 11.9. The van der Waals surface area contributed by atoms with Gasteiger partial charge in [0.15, 0.2) is 0 Å². The maximum atomic E-state index is 6.04. The minimum absolute atomic E-state index is 0.524. The van der Waals surface area contributed by atoms with E-state index in [0.717, 1.165) is 22.6 Å². The summed E-state index contributed by atoms with van der Waals surface area (Å²) in [6.07, 6.45) is 0. The Morgan fingerprint density at radius 2 is 1.78 bits per heavy atom. The third-order valence-electron chi connectivity index (χ3n) is 2.69. The van der Waals surface area contributed by atoms with Crippen molar-refractivity contribution in [2.75, 3.05) is 12.4 Å². The number of nitrogens with one attached hydrogen (secondary N) is 1. The van der Waals surface area contributed by atoms with Crippen LogP contribution in [0, 0.1) is 13.8 Å². The number of hydrogen-bond acceptors (Lipinski definition) is 3. The molecular weight excluding hydrogens is 269 g/mol. The molecule has 2 rings (SSSR count). The highest BCUT2D eigenvalue weighted by Gasteiger charge is 2.11. The van der Waals surface area contributed by atoms with E-state index in [4.69, 9.17) is 23.2 Å². The van der Waals surface area contributed by atoms with Crippen molar-refractivity contribution in [3.63, 3.8) is 0 Å². The second-order valence-corrected chi connectivity index (χ2v) is 4.79. The first-order valence-electron chi connectivity index (χ1n) is 5.51. The fourth-order valence-corrected chi connectivity index (χ4v) is 2.09. The molecule has 1 aromatic heterocycles. The summed E-state index contributed by atoms with van der Waals surface area (Å²) in [5, 5.41) is 4.13. The first-order valence-corrected chi connectivity index (χ1v) is 6.27. The number of benzene rings is 1. The van der Waals surface area contributed by atoms with Crippen LogP contribution >= 0.6 is 23.2 Å². The molecular formula is C13H13Cl2N3. The number of halogens is 2. The van der Waals surface area contributed by atoms with Gasteiger partial charge >= 0.3 is 0 Å². The molecule has 0 fully saturated rings. The van der Waals surface area contributed by atoms with Crippen LogP contribution in [0.3, 0.4) is 0 Å². The molecule has 18 heavy (non-hydrogen) atoms. The molecule has 0 radical (unpaired) electrons. The predicted octanol–water partition coefficient (Wildman–Crippen LogP) is 4.11. The van der Waals surface area contributed by atoms with Crippen molar-refractivity contribution in [3.8, 4) is 11.3 Å². The summed E-state index contributed by atoms with van der Waals surface area (Å²) in [5.41, 5.74) is 2.79. The van der Waals surface area contributed by atoms with Gasteiger partial charge in [-0.2, -0.15) is 0 Å². The molecule has 0 aliphatic heterocycles. The van der Waals surface area contributed by atoms with E-state index in [1.165, 1.54) is 0 Å². The standard InChI is InChI=1S/C13H13Cl2N3/c1-7-12(17-8(2)18-13(7)16-3)9-4-5-10(14)11(15)6-9/h4-6H,1-3H3,(H,16,17,18). The van der Waals surface area contributed by atoms with E-state index in [-0.39, 0.29) is 0 Å². The highest BCUT2D eigenvalue weighted by atomic mass is 35.5. The monoisotopic (exact) mass is 281 g/mol. The molecule has 0 unspecified atom stereocenters. The second-order valence-electron chi connectivity index (χ2n) is 3.97. The molecule has 0 atom stereocenters. The maximum Gasteiger partial charge on any atom is 0.132 e. The van der Waals surface area contributed by atoms with Crippen LogP contribution in [-0.4, -0.2) is 17.0 Å². The number of hydrogen-bond donors (Lipinski definition) is 1. The fraction of sp³-hybridized carbons (Fsp3) is 0.231. The lowest BCUT2D eigenvalue weighted by molar-refractivity contribution is 1.04. The van der Waals surface area contributed by atoms with Crippen molar-refractivity contribution in [1.29, 1.82) is 0 Å². The molecule has 0 saturated heterocycles. The second kappa shape index (κ2) is 5.12. The predicted molar refractivity (Wildman–Crippen MR) is 76.5 cm³/mol. The van der Waals surface area contributed by atoms with Crippen molar-refractivity contribution in [2.45, 2.75) is 13.8 Å². The van der Waals surface area contributed by atoms with Crippen molar-refractivity contribution in [1.82, 2.24) is 9.97 Å². The van der Waals surface area contributed by atoms with Crippen LogP contribution in [0.1, 0.15) is 11.4 Å². The molecule has 5 heteroatoms. The first-order chi connectivity index (χ1) is 8.52. The molecule has 1 heterocycles. The minimum atomic E-state index is 0.524. The lowest BCUT2D eigenvalue weighted by Gasteiger charge is -2.11. The van der Waals surface area contributed by atoms with Gasteiger partial charge in [-0.1, -0.05) is 29.3 Å². The van der Waals surface area contributed by atoms with E-state index in [2.05, 4.69) is 15.3 Å². The summed E-state index contributed by atoms with van der Waals surface area (Å²) < 4.78 is 0. The van der Waals surface area contributed by atoms with Gasteiger partial charge in [0.1, 0.15) is 11.6 Å². The van der Waals surface area contributed by atoms with E-state index < -0.39 is 0 Å². The Hall–Kier alpha value is -1.32. The van der Waals surface area contributed by atoms with Gasteiger partial charge in [0.05, 0.1) is 15.7 Å². The first kappa shape index (κ1) is 13.1. The highest BCUT2D eigenvalue weighted by Crippen LogP contribution is 2.30. The maximum absolute atomic E-state index is 6.04. The van der Waals surface area contributed by atoms with Crippen LogP contribution in [0.4, 0.5) is 5.82 Å². The van der Waals surface area contributed by atoms with Crippen molar-refractivity contribution in [3.05, 3.63) is 39.6 Å². The topological polar surface area (TPSA) is 37.8 Å². The van der Waals surface area contributed by atoms with Crippen molar-refractivity contribution >= 4 is 29.0 Å². The van der Waals surface area contributed by atoms with Crippen LogP contribution in [0.15, 0.2) is 18.2 Å². The third kappa shape index (κ3) is 2.42. The van der Waals surface area contributed by atoms with Gasteiger partial charge < -0.3 is 5.32 Å². The molecule has 0 bridgehead atoms. The van der Waals surface area contributed by atoms with Crippen LogP contribution in [0.2, 0.25) is 10.0 Å². The normalized spacial score (nSPS) is 10.5. The van der Waals surface area contributed by atoms with E-state index in [1.54, 1.807) is 6.07 Å². The Morgan fingerprint density at radius 3 is 2.39 bits per heavy atom. The lowest BCUT2D eigenvalue weighted by atomic mass is 10.1. The molecule has 0 aliphatic carbocycles. The molecule has 0 saturated carbocycles. The quantitative estimate of drug-likeness (QED) is 0.900. The molecule has 0 aliphatic rings. The highest BCUT2D eigenvalue weighted by molar-refractivity contribution is 6.42. The SMILES string of the molecule is CNc1nc(C)nc(-c2ccc(Cl)c(Cl)c2)c1C. The number of aromatic nitrogens is 2. The number of rotatable bonds is 2.